The van der Waals surface area contributed by atoms with Crippen LogP contribution in [0.1, 0.15) is 5.56 Å². The van der Waals surface area contributed by atoms with Crippen LogP contribution in [0.3, 0.4) is 0 Å². The maximum absolute atomic E-state index is 6.01. The SMILES string of the molecule is Cc1cc(Br)cc(-c2nc3cc(Cl)c(Cl)cc3[nH]2)c1. The summed E-state index contributed by atoms with van der Waals surface area (Å²) in [6.45, 7) is 2.05. The van der Waals surface area contributed by atoms with Crippen LogP contribution >= 0.6 is 39.1 Å². The average molecular weight is 356 g/mol. The van der Waals surface area contributed by atoms with Gasteiger partial charge in [0.25, 0.3) is 0 Å². The van der Waals surface area contributed by atoms with Crippen molar-refractivity contribution in [3.63, 3.8) is 0 Å². The number of hydrogen-bond acceptors (Lipinski definition) is 1. The van der Waals surface area contributed by atoms with Crippen LogP contribution in [-0.4, -0.2) is 9.97 Å². The van der Waals surface area contributed by atoms with Gasteiger partial charge in [-0.25, -0.2) is 4.98 Å². The van der Waals surface area contributed by atoms with E-state index in [4.69, 9.17) is 23.2 Å². The summed E-state index contributed by atoms with van der Waals surface area (Å²) >= 11 is 15.5. The van der Waals surface area contributed by atoms with Crippen molar-refractivity contribution in [2.75, 3.05) is 0 Å². The second-order valence-corrected chi connectivity index (χ2v) is 6.12. The van der Waals surface area contributed by atoms with Gasteiger partial charge in [0.2, 0.25) is 0 Å². The highest BCUT2D eigenvalue weighted by Gasteiger charge is 2.09. The summed E-state index contributed by atoms with van der Waals surface area (Å²) in [6.07, 6.45) is 0. The van der Waals surface area contributed by atoms with Crippen LogP contribution in [0, 0.1) is 6.92 Å². The Labute approximate surface area is 128 Å². The third-order valence-electron chi connectivity index (χ3n) is 2.84. The molecule has 0 bridgehead atoms. The highest BCUT2D eigenvalue weighted by Crippen LogP contribution is 2.29. The number of aryl methyl sites for hydroxylation is 1. The lowest BCUT2D eigenvalue weighted by molar-refractivity contribution is 1.32. The van der Waals surface area contributed by atoms with Crippen LogP contribution in [0.2, 0.25) is 10.0 Å². The quantitative estimate of drug-likeness (QED) is 0.604. The maximum atomic E-state index is 6.01. The Kier molecular flexibility index (Phi) is 3.29. The van der Waals surface area contributed by atoms with Gasteiger partial charge in [-0.3, -0.25) is 0 Å². The van der Waals surface area contributed by atoms with E-state index in [1.165, 1.54) is 5.56 Å². The van der Waals surface area contributed by atoms with Gasteiger partial charge in [-0.15, -0.1) is 0 Å². The van der Waals surface area contributed by atoms with E-state index in [0.717, 1.165) is 26.9 Å². The number of hydrogen-bond donors (Lipinski definition) is 1. The zero-order valence-electron chi connectivity index (χ0n) is 9.97. The summed E-state index contributed by atoms with van der Waals surface area (Å²) in [4.78, 5) is 7.81. The molecule has 3 rings (SSSR count). The van der Waals surface area contributed by atoms with Gasteiger partial charge in [0.1, 0.15) is 5.82 Å². The van der Waals surface area contributed by atoms with Gasteiger partial charge in [0, 0.05) is 10.0 Å². The molecule has 0 atom stereocenters. The van der Waals surface area contributed by atoms with Gasteiger partial charge in [-0.2, -0.15) is 0 Å². The fourth-order valence-corrected chi connectivity index (χ4v) is 2.94. The fraction of sp³-hybridized carbons (Fsp3) is 0.0714. The summed E-state index contributed by atoms with van der Waals surface area (Å²) in [5.74, 6) is 0.803. The first-order valence-corrected chi connectivity index (χ1v) is 7.20. The third-order valence-corrected chi connectivity index (χ3v) is 4.02. The molecule has 0 amide bonds. The van der Waals surface area contributed by atoms with E-state index in [-0.39, 0.29) is 0 Å². The number of aromatic amines is 1. The fourth-order valence-electron chi connectivity index (χ4n) is 2.01. The van der Waals surface area contributed by atoms with Crippen molar-refractivity contribution in [1.29, 1.82) is 0 Å². The van der Waals surface area contributed by atoms with Gasteiger partial charge >= 0.3 is 0 Å². The molecule has 5 heteroatoms. The molecule has 0 aliphatic carbocycles. The normalized spacial score (nSPS) is 11.2. The zero-order valence-corrected chi connectivity index (χ0v) is 13.1. The second-order valence-electron chi connectivity index (χ2n) is 4.39. The number of imidazole rings is 1. The van der Waals surface area contributed by atoms with Gasteiger partial charge in [-0.1, -0.05) is 39.1 Å². The lowest BCUT2D eigenvalue weighted by Gasteiger charge is -2.00. The average Bonchev–Trinajstić information content (AvgIpc) is 2.71. The second kappa shape index (κ2) is 4.82. The summed E-state index contributed by atoms with van der Waals surface area (Å²) in [5, 5.41) is 1.03. The molecule has 2 aromatic carbocycles. The number of rotatable bonds is 1. The van der Waals surface area contributed by atoms with E-state index in [9.17, 15) is 0 Å². The topological polar surface area (TPSA) is 28.7 Å². The minimum Gasteiger partial charge on any atom is -0.338 e. The lowest BCUT2D eigenvalue weighted by atomic mass is 10.1. The summed E-state index contributed by atoms with van der Waals surface area (Å²) in [5.41, 5.74) is 3.88. The van der Waals surface area contributed by atoms with Crippen molar-refractivity contribution >= 4 is 50.2 Å². The molecule has 1 aromatic heterocycles. The molecule has 0 aliphatic rings. The maximum Gasteiger partial charge on any atom is 0.138 e. The predicted molar refractivity (Wildman–Crippen MR) is 84.0 cm³/mol. The molecule has 2 nitrogen and oxygen atoms in total. The molecule has 0 saturated carbocycles. The van der Waals surface area contributed by atoms with Crippen molar-refractivity contribution in [2.45, 2.75) is 6.92 Å². The molecular weight excluding hydrogens is 347 g/mol. The number of halogens is 3. The standard InChI is InChI=1S/C14H9BrCl2N2/c1-7-2-8(4-9(15)3-7)14-18-12-5-10(16)11(17)6-13(12)19-14/h2-6H,1H3,(H,18,19). The molecule has 1 heterocycles. The number of nitrogens with one attached hydrogen (secondary N) is 1. The Balaban J connectivity index is 2.20. The number of H-pyrrole nitrogens is 1. The van der Waals surface area contributed by atoms with Gasteiger partial charge in [0.15, 0.2) is 0 Å². The van der Waals surface area contributed by atoms with Crippen LogP contribution in [0.25, 0.3) is 22.4 Å². The van der Waals surface area contributed by atoms with E-state index < -0.39 is 0 Å². The van der Waals surface area contributed by atoms with Crippen molar-refractivity contribution in [1.82, 2.24) is 9.97 Å². The molecule has 3 aromatic rings. The van der Waals surface area contributed by atoms with Gasteiger partial charge < -0.3 is 4.98 Å². The third kappa shape index (κ3) is 2.50. The molecule has 0 unspecified atom stereocenters. The van der Waals surface area contributed by atoms with Crippen LogP contribution in [0.4, 0.5) is 0 Å². The Hall–Kier alpha value is -1.03. The molecule has 0 aliphatic heterocycles. The lowest BCUT2D eigenvalue weighted by Crippen LogP contribution is -1.82. The number of benzene rings is 2. The van der Waals surface area contributed by atoms with Crippen molar-refractivity contribution < 1.29 is 0 Å². The van der Waals surface area contributed by atoms with E-state index >= 15 is 0 Å². The minimum absolute atomic E-state index is 0.512. The molecular formula is C14H9BrCl2N2. The first kappa shape index (κ1) is 13.0. The molecule has 19 heavy (non-hydrogen) atoms. The molecule has 0 spiro atoms. The molecule has 0 saturated heterocycles. The summed E-state index contributed by atoms with van der Waals surface area (Å²) < 4.78 is 1.03. The number of fused-ring (bicyclic) bond motifs is 1. The molecule has 0 fully saturated rings. The van der Waals surface area contributed by atoms with E-state index in [2.05, 4.69) is 38.0 Å². The minimum atomic E-state index is 0.512. The summed E-state index contributed by atoms with van der Waals surface area (Å²) in [7, 11) is 0. The molecule has 0 radical (unpaired) electrons. The Morgan fingerprint density at radius 3 is 2.53 bits per heavy atom. The number of nitrogens with zero attached hydrogens (tertiary/aromatic N) is 1. The zero-order chi connectivity index (χ0) is 13.6. The Morgan fingerprint density at radius 1 is 1.05 bits per heavy atom. The van der Waals surface area contributed by atoms with E-state index in [1.54, 1.807) is 12.1 Å². The van der Waals surface area contributed by atoms with E-state index in [1.807, 2.05) is 13.0 Å². The molecule has 96 valence electrons. The van der Waals surface area contributed by atoms with Crippen molar-refractivity contribution in [3.8, 4) is 11.4 Å². The monoisotopic (exact) mass is 354 g/mol. The van der Waals surface area contributed by atoms with Crippen molar-refractivity contribution in [2.24, 2.45) is 0 Å². The largest absolute Gasteiger partial charge is 0.338 e. The van der Waals surface area contributed by atoms with E-state index in [0.29, 0.717) is 10.0 Å². The van der Waals surface area contributed by atoms with Crippen LogP contribution < -0.4 is 0 Å². The smallest absolute Gasteiger partial charge is 0.138 e. The van der Waals surface area contributed by atoms with Gasteiger partial charge in [-0.05, 0) is 42.8 Å². The number of aromatic nitrogens is 2. The van der Waals surface area contributed by atoms with Crippen LogP contribution in [0.5, 0.6) is 0 Å². The van der Waals surface area contributed by atoms with Crippen LogP contribution in [-0.2, 0) is 0 Å². The Morgan fingerprint density at radius 2 is 1.79 bits per heavy atom. The Bertz CT molecular complexity index is 721. The van der Waals surface area contributed by atoms with Gasteiger partial charge in [0.05, 0.1) is 21.1 Å². The first-order valence-electron chi connectivity index (χ1n) is 5.65. The summed E-state index contributed by atoms with van der Waals surface area (Å²) in [6, 6.07) is 9.71. The first-order chi connectivity index (χ1) is 9.02. The highest BCUT2D eigenvalue weighted by molar-refractivity contribution is 9.10. The van der Waals surface area contributed by atoms with Crippen molar-refractivity contribution in [3.05, 3.63) is 50.4 Å². The predicted octanol–water partition coefficient (Wildman–Crippen LogP) is 5.61. The molecule has 1 N–H and O–H groups in total. The highest BCUT2D eigenvalue weighted by atomic mass is 79.9. The van der Waals surface area contributed by atoms with Crippen LogP contribution in [0.15, 0.2) is 34.8 Å².